The first kappa shape index (κ1) is 55.1. The van der Waals surface area contributed by atoms with Gasteiger partial charge in [-0.25, -0.2) is 0 Å². The van der Waals surface area contributed by atoms with Crippen LogP contribution in [0.25, 0.3) is 0 Å². The van der Waals surface area contributed by atoms with Gasteiger partial charge in [0.15, 0.2) is 0 Å². The molecule has 0 rings (SSSR count). The van der Waals surface area contributed by atoms with Crippen molar-refractivity contribution in [1.29, 1.82) is 0 Å². The number of aliphatic hydroxyl groups is 2. The average Bonchev–Trinajstić information content (AvgIpc) is 3.20. The van der Waals surface area contributed by atoms with Gasteiger partial charge in [-0.3, -0.25) is 4.79 Å². The molecule has 4 nitrogen and oxygen atoms in total. The third-order valence-corrected chi connectivity index (χ3v) is 12.3. The van der Waals surface area contributed by atoms with Gasteiger partial charge in [0.1, 0.15) is 0 Å². The molecule has 4 heteroatoms. The van der Waals surface area contributed by atoms with Crippen LogP contribution in [0.1, 0.15) is 296 Å². The molecule has 0 bridgehead atoms. The number of carbonyl (C=O) groups is 1. The monoisotopic (exact) mass is 790 g/mol. The standard InChI is InChI=1S/C52H103NO3/c1-3-5-7-9-11-13-15-17-18-19-20-21-22-23-24-25-26-27-28-29-30-31-32-33-34-36-37-39-41-43-45-47-51(55)50(49-54)53-52(56)48-46-44-42-40-38-35-16-14-12-10-8-6-4-2/h45,47,50-51,54-55H,3-44,46,48-49H2,1-2H3,(H,53,56)/b47-45+. The minimum absolute atomic E-state index is 0.0598. The molecule has 56 heavy (non-hydrogen) atoms. The second-order valence-electron chi connectivity index (χ2n) is 18.0. The van der Waals surface area contributed by atoms with Gasteiger partial charge in [-0.15, -0.1) is 0 Å². The lowest BCUT2D eigenvalue weighted by Crippen LogP contribution is -2.45. The van der Waals surface area contributed by atoms with Crippen LogP contribution >= 0.6 is 0 Å². The van der Waals surface area contributed by atoms with Gasteiger partial charge in [0.2, 0.25) is 5.91 Å². The van der Waals surface area contributed by atoms with Crippen molar-refractivity contribution in [2.24, 2.45) is 0 Å². The van der Waals surface area contributed by atoms with Gasteiger partial charge in [-0.05, 0) is 19.3 Å². The Labute approximate surface area is 352 Å². The number of aliphatic hydroxyl groups excluding tert-OH is 2. The molecule has 2 unspecified atom stereocenters. The predicted octanol–water partition coefficient (Wildman–Crippen LogP) is 16.6. The molecule has 0 saturated heterocycles. The topological polar surface area (TPSA) is 69.6 Å². The van der Waals surface area contributed by atoms with Crippen LogP contribution < -0.4 is 5.32 Å². The lowest BCUT2D eigenvalue weighted by Gasteiger charge is -2.20. The van der Waals surface area contributed by atoms with Crippen molar-refractivity contribution in [1.82, 2.24) is 5.32 Å². The SMILES string of the molecule is CCCCCCCCCCCCCCCCCCCCCCCCCCCCCCC/C=C/C(O)C(CO)NC(=O)CCCCCCCCCCCCCCC. The summed E-state index contributed by atoms with van der Waals surface area (Å²) in [7, 11) is 0. The molecule has 0 saturated carbocycles. The minimum Gasteiger partial charge on any atom is -0.394 e. The molecule has 0 aliphatic rings. The molecule has 0 fully saturated rings. The largest absolute Gasteiger partial charge is 0.394 e. The van der Waals surface area contributed by atoms with E-state index in [2.05, 4.69) is 19.2 Å². The van der Waals surface area contributed by atoms with Crippen molar-refractivity contribution in [3.8, 4) is 0 Å². The van der Waals surface area contributed by atoms with E-state index >= 15 is 0 Å². The highest BCUT2D eigenvalue weighted by atomic mass is 16.3. The van der Waals surface area contributed by atoms with Gasteiger partial charge < -0.3 is 15.5 Å². The summed E-state index contributed by atoms with van der Waals surface area (Å²) in [4.78, 5) is 12.4. The molecule has 0 spiro atoms. The van der Waals surface area contributed by atoms with Crippen molar-refractivity contribution in [3.05, 3.63) is 12.2 Å². The molecule has 0 aromatic carbocycles. The fourth-order valence-corrected chi connectivity index (χ4v) is 8.30. The molecule has 0 aromatic heterocycles. The number of hydrogen-bond acceptors (Lipinski definition) is 3. The van der Waals surface area contributed by atoms with E-state index < -0.39 is 12.1 Å². The second kappa shape index (κ2) is 48.5. The van der Waals surface area contributed by atoms with Crippen molar-refractivity contribution >= 4 is 5.91 Å². The van der Waals surface area contributed by atoms with Gasteiger partial charge in [-0.2, -0.15) is 0 Å². The summed E-state index contributed by atoms with van der Waals surface area (Å²) in [6.45, 7) is 4.33. The zero-order chi connectivity index (χ0) is 40.7. The first-order chi connectivity index (χ1) is 27.7. The van der Waals surface area contributed by atoms with Gasteiger partial charge in [0, 0.05) is 6.42 Å². The smallest absolute Gasteiger partial charge is 0.220 e. The lowest BCUT2D eigenvalue weighted by atomic mass is 10.0. The van der Waals surface area contributed by atoms with Crippen molar-refractivity contribution < 1.29 is 15.0 Å². The Hall–Kier alpha value is -0.870. The maximum absolute atomic E-state index is 12.4. The Morgan fingerprint density at radius 2 is 0.661 bits per heavy atom. The minimum atomic E-state index is -0.834. The molecule has 0 radical (unpaired) electrons. The number of unbranched alkanes of at least 4 members (excludes halogenated alkanes) is 41. The molecule has 0 aliphatic heterocycles. The maximum atomic E-state index is 12.4. The van der Waals surface area contributed by atoms with Gasteiger partial charge in [-0.1, -0.05) is 283 Å². The highest BCUT2D eigenvalue weighted by Gasteiger charge is 2.18. The quantitative estimate of drug-likeness (QED) is 0.0425. The number of hydrogen-bond donors (Lipinski definition) is 3. The summed E-state index contributed by atoms with van der Waals surface area (Å²) in [5.74, 6) is -0.0598. The van der Waals surface area contributed by atoms with Crippen LogP contribution in [0, 0.1) is 0 Å². The number of allylic oxidation sites excluding steroid dienone is 1. The Morgan fingerprint density at radius 1 is 0.411 bits per heavy atom. The molecule has 0 aromatic rings. The van der Waals surface area contributed by atoms with Crippen molar-refractivity contribution in [2.45, 2.75) is 309 Å². The van der Waals surface area contributed by atoms with E-state index in [1.54, 1.807) is 6.08 Å². The highest BCUT2D eigenvalue weighted by Crippen LogP contribution is 2.17. The fraction of sp³-hybridized carbons (Fsp3) is 0.942. The van der Waals surface area contributed by atoms with Crippen LogP contribution in [0.5, 0.6) is 0 Å². The second-order valence-corrected chi connectivity index (χ2v) is 18.0. The van der Waals surface area contributed by atoms with Gasteiger partial charge in [0.05, 0.1) is 18.8 Å². The molecular weight excluding hydrogens is 687 g/mol. The Balaban J connectivity index is 3.41. The van der Waals surface area contributed by atoms with Crippen LogP contribution in [-0.2, 0) is 4.79 Å². The summed E-state index contributed by atoms with van der Waals surface area (Å²) in [6, 6.07) is -0.616. The van der Waals surface area contributed by atoms with E-state index in [-0.39, 0.29) is 12.5 Å². The number of carbonyl (C=O) groups excluding carboxylic acids is 1. The third-order valence-electron chi connectivity index (χ3n) is 12.3. The van der Waals surface area contributed by atoms with Crippen LogP contribution in [0.15, 0.2) is 12.2 Å². The molecule has 334 valence electrons. The van der Waals surface area contributed by atoms with E-state index in [0.717, 1.165) is 25.7 Å². The summed E-state index contributed by atoms with van der Waals surface area (Å²) < 4.78 is 0. The zero-order valence-corrected chi connectivity index (χ0v) is 38.4. The number of nitrogens with one attached hydrogen (secondary N) is 1. The van der Waals surface area contributed by atoms with Crippen molar-refractivity contribution in [2.75, 3.05) is 6.61 Å². The summed E-state index contributed by atoms with van der Waals surface area (Å²) in [5.41, 5.74) is 0. The molecule has 3 N–H and O–H groups in total. The number of amides is 1. The van der Waals surface area contributed by atoms with Crippen LogP contribution in [0.3, 0.4) is 0 Å². The average molecular weight is 790 g/mol. The predicted molar refractivity (Wildman–Crippen MR) is 249 cm³/mol. The van der Waals surface area contributed by atoms with Crippen LogP contribution in [0.4, 0.5) is 0 Å². The molecular formula is C52H103NO3. The summed E-state index contributed by atoms with van der Waals surface area (Å²) >= 11 is 0. The van der Waals surface area contributed by atoms with Gasteiger partial charge in [0.25, 0.3) is 0 Å². The zero-order valence-electron chi connectivity index (χ0n) is 38.4. The summed E-state index contributed by atoms with van der Waals surface area (Å²) in [6.07, 6.45) is 62.2. The molecule has 2 atom stereocenters. The lowest BCUT2D eigenvalue weighted by molar-refractivity contribution is -0.123. The van der Waals surface area contributed by atoms with Crippen LogP contribution in [0.2, 0.25) is 0 Å². The normalized spacial score (nSPS) is 12.9. The van der Waals surface area contributed by atoms with E-state index in [9.17, 15) is 15.0 Å². The molecule has 0 aliphatic carbocycles. The Morgan fingerprint density at radius 3 is 0.929 bits per heavy atom. The Kier molecular flexibility index (Phi) is 47.7. The first-order valence-corrected chi connectivity index (χ1v) is 25.9. The van der Waals surface area contributed by atoms with Gasteiger partial charge >= 0.3 is 0 Å². The molecule has 1 amide bonds. The van der Waals surface area contributed by atoms with E-state index in [4.69, 9.17) is 0 Å². The molecule has 0 heterocycles. The summed E-state index contributed by atoms with van der Waals surface area (Å²) in [5, 5.41) is 23.1. The van der Waals surface area contributed by atoms with E-state index in [1.807, 2.05) is 6.08 Å². The third kappa shape index (κ3) is 44.2. The maximum Gasteiger partial charge on any atom is 0.220 e. The highest BCUT2D eigenvalue weighted by molar-refractivity contribution is 5.76. The number of rotatable bonds is 48. The van der Waals surface area contributed by atoms with E-state index in [1.165, 1.54) is 250 Å². The van der Waals surface area contributed by atoms with Crippen molar-refractivity contribution in [3.63, 3.8) is 0 Å². The first-order valence-electron chi connectivity index (χ1n) is 25.9. The van der Waals surface area contributed by atoms with E-state index in [0.29, 0.717) is 6.42 Å². The Bertz CT molecular complexity index is 769. The fourth-order valence-electron chi connectivity index (χ4n) is 8.30. The van der Waals surface area contributed by atoms with Crippen LogP contribution in [-0.4, -0.2) is 34.9 Å².